The van der Waals surface area contributed by atoms with Gasteiger partial charge in [-0.1, -0.05) is 19.1 Å². The van der Waals surface area contributed by atoms with Crippen LogP contribution in [0.5, 0.6) is 51.7 Å². The molecule has 22 nitrogen and oxygen atoms in total. The van der Waals surface area contributed by atoms with Gasteiger partial charge < -0.3 is 65.1 Å². The number of ketones is 1. The first-order valence-electron chi connectivity index (χ1n) is 31.0. The Bertz CT molecular complexity index is 4070. The number of benzene rings is 4. The minimum absolute atomic E-state index is 0. The predicted octanol–water partition coefficient (Wildman–Crippen LogP) is 9.96. The Morgan fingerprint density at radius 2 is 1.01 bits per heavy atom. The maximum absolute atomic E-state index is 14.1. The molecule has 0 radical (unpaired) electrons. The first kappa shape index (κ1) is 66.9. The third-order valence-electron chi connectivity index (χ3n) is 17.3. The van der Waals surface area contributed by atoms with Gasteiger partial charge in [-0.15, -0.1) is 12.4 Å². The molecular weight excluding hydrogens is 1250 g/mol. The molecule has 3 aromatic heterocycles. The second kappa shape index (κ2) is 27.4. The molecule has 7 heterocycles. The molecule has 7 aromatic rings. The number of alkyl halides is 3. The molecule has 6 N–H and O–H groups in total. The van der Waals surface area contributed by atoms with Gasteiger partial charge >= 0.3 is 12.3 Å². The average molecular weight is 1330 g/mol. The Morgan fingerprint density at radius 1 is 0.568 bits per heavy atom. The van der Waals surface area contributed by atoms with Crippen LogP contribution in [0, 0.1) is 5.92 Å². The lowest BCUT2D eigenvalue weighted by molar-refractivity contribution is -0.138. The number of halogens is 4. The molecule has 4 aromatic carbocycles. The van der Waals surface area contributed by atoms with Crippen molar-refractivity contribution in [3.05, 3.63) is 178 Å². The fourth-order valence-electron chi connectivity index (χ4n) is 12.3. The van der Waals surface area contributed by atoms with Gasteiger partial charge in [0.1, 0.15) is 92.7 Å². The third-order valence-corrected chi connectivity index (χ3v) is 17.3. The molecule has 3 aliphatic carbocycles. The highest BCUT2D eigenvalue weighted by Crippen LogP contribution is 2.61. The number of alkyl carbamates (subject to hydrolysis) is 1. The number of likely N-dealkylation sites (N-methyl/N-ethyl adjacent to an activating group) is 1. The zero-order chi connectivity index (χ0) is 66.3. The van der Waals surface area contributed by atoms with Crippen LogP contribution in [0.1, 0.15) is 122 Å². The van der Waals surface area contributed by atoms with Crippen molar-refractivity contribution in [2.75, 3.05) is 53.9 Å². The number of nitrogens with zero attached hydrogens (tertiary/aromatic N) is 5. The number of pyridine rings is 3. The molecule has 498 valence electrons. The first-order chi connectivity index (χ1) is 45.1. The number of piperazine rings is 1. The highest BCUT2D eigenvalue weighted by atomic mass is 35.5. The standard InChI is InChI=1S/C32H33F3N4O4.C21H23N3O5.C16H15N3O3.ClH/c1-3-38-10-12-39(13-11-38)18-20-5-4-19(14-25(20)32(33,34)35)27(40)17-24-29-23-15-21(6-7-28(23)43-30(24)29)42-22-8-9-37-26(16-22)31(41)36-2;1-21(2,3)29-20(26)24-17-16-13-9-11(5-6-15(13)28-18(16)17)27-12-7-8-23-14(10-12)19(25)22-4;1-18-16(20)11-7-9(4-5-19-11)21-8-2-3-12-10(6-8)13-14(17)15(13)22-12;/h4-9,14-16,24,29-30H,3,10-13,17-18H2,1-2H3,(H,36,41);5-10,16-18H,1-4H3,(H,22,25)(H,24,26);2-7,13-15H,17H2,1H3,(H,18,20);1H/t24-,29-,30+;16-,17-,18-;13-,14-,15-;/m000./s1. The minimum atomic E-state index is -4.55. The van der Waals surface area contributed by atoms with E-state index in [1.54, 1.807) is 68.8 Å². The van der Waals surface area contributed by atoms with Crippen LogP contribution in [-0.4, -0.2) is 144 Å². The lowest BCUT2D eigenvalue weighted by Gasteiger charge is -2.34. The molecule has 0 unspecified atom stereocenters. The fraction of sp³-hybridized carbons (Fsp3) is 0.362. The third kappa shape index (κ3) is 15.0. The van der Waals surface area contributed by atoms with Gasteiger partial charge in [0.25, 0.3) is 17.7 Å². The van der Waals surface area contributed by atoms with Crippen molar-refractivity contribution in [1.29, 1.82) is 0 Å². The van der Waals surface area contributed by atoms with Crippen molar-refractivity contribution < 1.29 is 70.3 Å². The van der Waals surface area contributed by atoms with E-state index in [1.165, 1.54) is 37.6 Å². The molecule has 9 atom stereocenters. The Kier molecular flexibility index (Phi) is 19.3. The van der Waals surface area contributed by atoms with Crippen LogP contribution in [0.15, 0.2) is 128 Å². The summed E-state index contributed by atoms with van der Waals surface area (Å²) >= 11 is 0. The quantitative estimate of drug-likeness (QED) is 0.0563. The molecule has 3 saturated carbocycles. The lowest BCUT2D eigenvalue weighted by atomic mass is 9.97. The van der Waals surface area contributed by atoms with Gasteiger partial charge in [-0.25, -0.2) is 4.79 Å². The van der Waals surface area contributed by atoms with E-state index in [4.69, 9.17) is 38.9 Å². The maximum atomic E-state index is 14.1. The maximum Gasteiger partial charge on any atom is 0.416 e. The highest BCUT2D eigenvalue weighted by molar-refractivity contribution is 5.97. The van der Waals surface area contributed by atoms with Gasteiger partial charge in [0.15, 0.2) is 5.78 Å². The summed E-state index contributed by atoms with van der Waals surface area (Å²) in [6.45, 7) is 11.8. The normalized spacial score (nSPS) is 21.8. The van der Waals surface area contributed by atoms with Gasteiger partial charge in [0.2, 0.25) is 0 Å². The number of hydrogen-bond donors (Lipinski definition) is 5. The molecular formula is C69H72ClF3N10O12. The predicted molar refractivity (Wildman–Crippen MR) is 344 cm³/mol. The number of amides is 4. The highest BCUT2D eigenvalue weighted by Gasteiger charge is 2.61. The Balaban J connectivity index is 0.000000153. The van der Waals surface area contributed by atoms with Crippen molar-refractivity contribution in [3.63, 3.8) is 0 Å². The Labute approximate surface area is 552 Å². The minimum Gasteiger partial charge on any atom is -0.489 e. The van der Waals surface area contributed by atoms with E-state index in [0.29, 0.717) is 59.0 Å². The van der Waals surface area contributed by atoms with Crippen LogP contribution < -0.4 is 55.4 Å². The number of rotatable bonds is 16. The summed E-state index contributed by atoms with van der Waals surface area (Å²) in [5.74, 6) is 4.71. The zero-order valence-corrected chi connectivity index (χ0v) is 53.8. The fourth-order valence-corrected chi connectivity index (χ4v) is 12.3. The summed E-state index contributed by atoms with van der Waals surface area (Å²) in [6.07, 6.45) is -0.529. The molecule has 0 bridgehead atoms. The van der Waals surface area contributed by atoms with Crippen LogP contribution in [0.3, 0.4) is 0 Å². The molecule has 0 spiro atoms. The monoisotopic (exact) mass is 1320 g/mol. The summed E-state index contributed by atoms with van der Waals surface area (Å²) in [6, 6.07) is 30.4. The Morgan fingerprint density at radius 3 is 1.47 bits per heavy atom. The SMILES string of the molecule is CCN1CCN(Cc2ccc(C(=O)C[C@@H]3[C@H]4Oc5ccc(Oc6ccnc(C(=O)NC)c6)cc5[C@@H]34)cc2C(F)(F)F)CC1.CNC(=O)c1cc(Oc2ccc3c(c2)[C@H]2[C@H](N)[C@H]2O3)ccn1.CNC(=O)c1cc(Oc2ccc3c(c2)[C@H]2[C@H](NC(=O)OC(C)(C)C)[C@H]2O3)ccn1.Cl. The van der Waals surface area contributed by atoms with Crippen LogP contribution in [0.25, 0.3) is 0 Å². The van der Waals surface area contributed by atoms with Gasteiger partial charge in [0.05, 0.1) is 23.6 Å². The summed E-state index contributed by atoms with van der Waals surface area (Å²) in [5, 5.41) is 10.5. The van der Waals surface area contributed by atoms with E-state index in [9.17, 15) is 37.1 Å². The van der Waals surface area contributed by atoms with Gasteiger partial charge in [0, 0.05) is 137 Å². The number of hydrogen-bond acceptors (Lipinski definition) is 18. The average Bonchev–Trinajstić information content (AvgIpc) is 1.91. The number of ether oxygens (including phenoxy) is 7. The number of nitrogens with two attached hydrogens (primary N) is 1. The zero-order valence-electron chi connectivity index (χ0n) is 53.0. The van der Waals surface area contributed by atoms with Gasteiger partial charge in [-0.3, -0.25) is 39.0 Å². The molecule has 14 rings (SSSR count). The lowest BCUT2D eigenvalue weighted by Crippen LogP contribution is -2.45. The van der Waals surface area contributed by atoms with Crippen LogP contribution in [0.4, 0.5) is 18.0 Å². The molecule has 1 saturated heterocycles. The second-order valence-electron chi connectivity index (χ2n) is 24.7. The number of carbonyl (C=O) groups excluding carboxylic acids is 5. The smallest absolute Gasteiger partial charge is 0.416 e. The number of fused-ring (bicyclic) bond motifs is 9. The van der Waals surface area contributed by atoms with Crippen LogP contribution >= 0.6 is 12.4 Å². The van der Waals surface area contributed by atoms with E-state index in [0.717, 1.165) is 53.9 Å². The Hall–Kier alpha value is -9.56. The van der Waals surface area contributed by atoms with Gasteiger partial charge in [-0.05, 0) is 112 Å². The number of nitrogens with one attached hydrogen (secondary N) is 4. The molecule has 4 fully saturated rings. The van der Waals surface area contributed by atoms with Gasteiger partial charge in [-0.2, -0.15) is 13.2 Å². The molecule has 7 aliphatic rings. The molecule has 95 heavy (non-hydrogen) atoms. The first-order valence-corrected chi connectivity index (χ1v) is 31.0. The van der Waals surface area contributed by atoms with Crippen LogP contribution in [-0.2, 0) is 17.5 Å². The van der Waals surface area contributed by atoms with Crippen molar-refractivity contribution in [2.45, 2.75) is 101 Å². The molecule has 26 heteroatoms. The van der Waals surface area contributed by atoms with Crippen molar-refractivity contribution in [3.8, 4) is 51.7 Å². The van der Waals surface area contributed by atoms with E-state index in [1.807, 2.05) is 62.1 Å². The van der Waals surface area contributed by atoms with Crippen molar-refractivity contribution in [2.24, 2.45) is 11.7 Å². The van der Waals surface area contributed by atoms with E-state index >= 15 is 0 Å². The second-order valence-corrected chi connectivity index (χ2v) is 24.7. The van der Waals surface area contributed by atoms with E-state index in [2.05, 4.69) is 48.0 Å². The molecule has 4 amide bonds. The number of carbonyl (C=O) groups is 5. The largest absolute Gasteiger partial charge is 0.489 e. The van der Waals surface area contributed by atoms with E-state index in [-0.39, 0.29) is 125 Å². The number of Topliss-reactive ketones (excluding diaryl/α,β-unsaturated/α-hetero) is 1. The summed E-state index contributed by atoms with van der Waals surface area (Å²) in [4.78, 5) is 76.8. The van der Waals surface area contributed by atoms with Crippen molar-refractivity contribution >= 4 is 42.0 Å². The number of aromatic nitrogens is 3. The van der Waals surface area contributed by atoms with E-state index < -0.39 is 23.4 Å². The summed E-state index contributed by atoms with van der Waals surface area (Å²) in [5.41, 5.74) is 8.69. The summed E-state index contributed by atoms with van der Waals surface area (Å²) in [7, 11) is 4.63. The van der Waals surface area contributed by atoms with Crippen molar-refractivity contribution in [1.82, 2.24) is 46.0 Å². The van der Waals surface area contributed by atoms with Crippen LogP contribution in [0.2, 0.25) is 0 Å². The topological polar surface area (TPSA) is 269 Å². The molecule has 4 aliphatic heterocycles. The summed E-state index contributed by atoms with van der Waals surface area (Å²) < 4.78 is 82.9.